The van der Waals surface area contributed by atoms with Crippen molar-refractivity contribution in [1.29, 1.82) is 0 Å². The molecule has 0 aliphatic rings. The summed E-state index contributed by atoms with van der Waals surface area (Å²) in [6.45, 7) is 5.94. The molecule has 0 fully saturated rings. The van der Waals surface area contributed by atoms with E-state index in [1.54, 1.807) is 0 Å². The second-order valence-corrected chi connectivity index (χ2v) is 1.97. The van der Waals surface area contributed by atoms with Crippen LogP contribution in [-0.4, -0.2) is 11.7 Å². The highest BCUT2D eigenvalue weighted by atomic mass is 16.3. The monoisotopic (exact) mass is 114 g/mol. The molecule has 0 amide bonds. The van der Waals surface area contributed by atoms with Crippen LogP contribution >= 0.6 is 0 Å². The summed E-state index contributed by atoms with van der Waals surface area (Å²) in [6.07, 6.45) is 3.99. The predicted molar refractivity (Wildman–Crippen MR) is 35.7 cm³/mol. The van der Waals surface area contributed by atoms with Crippen molar-refractivity contribution in [3.8, 4) is 0 Å². The maximum atomic E-state index is 8.59. The normalized spacial score (nSPS) is 13.2. The quantitative estimate of drug-likeness (QED) is 0.550. The van der Waals surface area contributed by atoms with Crippen LogP contribution in [0, 0.1) is 5.92 Å². The van der Waals surface area contributed by atoms with E-state index in [4.69, 9.17) is 5.11 Å². The number of rotatable bonds is 4. The molecule has 0 aliphatic carbocycles. The number of hydrogen-bond donors (Lipinski definition) is 1. The average Bonchev–Trinajstić information content (AvgIpc) is 1.83. The van der Waals surface area contributed by atoms with Gasteiger partial charge in [-0.15, -0.1) is 6.58 Å². The number of hydrogen-bond acceptors (Lipinski definition) is 1. The van der Waals surface area contributed by atoms with Gasteiger partial charge < -0.3 is 5.11 Å². The van der Waals surface area contributed by atoms with Crippen LogP contribution in [0.3, 0.4) is 0 Å². The first-order valence-electron chi connectivity index (χ1n) is 3.08. The van der Waals surface area contributed by atoms with Crippen molar-refractivity contribution in [2.24, 2.45) is 5.92 Å². The minimum absolute atomic E-state index is 0.247. The van der Waals surface area contributed by atoms with Crippen LogP contribution in [0.25, 0.3) is 0 Å². The van der Waals surface area contributed by atoms with E-state index in [1.807, 2.05) is 6.08 Å². The summed E-state index contributed by atoms with van der Waals surface area (Å²) in [7, 11) is 0. The van der Waals surface area contributed by atoms with Gasteiger partial charge in [0.15, 0.2) is 0 Å². The fourth-order valence-corrected chi connectivity index (χ4v) is 0.654. The Labute approximate surface area is 51.0 Å². The molecule has 0 rings (SSSR count). The Hall–Kier alpha value is -0.300. The zero-order valence-electron chi connectivity index (χ0n) is 5.43. The van der Waals surface area contributed by atoms with Crippen LogP contribution in [0.15, 0.2) is 12.7 Å². The van der Waals surface area contributed by atoms with E-state index in [0.29, 0.717) is 5.92 Å². The molecule has 1 atom stereocenters. The summed E-state index contributed by atoms with van der Waals surface area (Å²) in [5.74, 6) is 0.319. The van der Waals surface area contributed by atoms with Crippen molar-refractivity contribution in [2.75, 3.05) is 6.61 Å². The highest BCUT2D eigenvalue weighted by molar-refractivity contribution is 4.77. The van der Waals surface area contributed by atoms with Crippen molar-refractivity contribution in [3.05, 3.63) is 12.7 Å². The summed E-state index contributed by atoms with van der Waals surface area (Å²) in [5.41, 5.74) is 0. The lowest BCUT2D eigenvalue weighted by molar-refractivity contribution is 0.245. The van der Waals surface area contributed by atoms with Crippen LogP contribution < -0.4 is 0 Å². The zero-order valence-corrected chi connectivity index (χ0v) is 5.43. The predicted octanol–water partition coefficient (Wildman–Crippen LogP) is 1.58. The van der Waals surface area contributed by atoms with E-state index >= 15 is 0 Å². The van der Waals surface area contributed by atoms with E-state index in [1.165, 1.54) is 0 Å². The Morgan fingerprint density at radius 1 is 1.75 bits per heavy atom. The van der Waals surface area contributed by atoms with Crippen molar-refractivity contribution in [2.45, 2.75) is 19.8 Å². The second kappa shape index (κ2) is 4.85. The third kappa shape index (κ3) is 2.80. The number of aliphatic hydroxyl groups excluding tert-OH is 1. The van der Waals surface area contributed by atoms with Gasteiger partial charge in [0, 0.05) is 6.61 Å². The SMILES string of the molecule is C=C[C@@H](CO)CCC. The summed E-state index contributed by atoms with van der Waals surface area (Å²) >= 11 is 0. The highest BCUT2D eigenvalue weighted by Gasteiger charge is 1.97. The Kier molecular flexibility index (Phi) is 4.67. The molecule has 0 spiro atoms. The largest absolute Gasteiger partial charge is 0.396 e. The lowest BCUT2D eigenvalue weighted by Crippen LogP contribution is -2.00. The van der Waals surface area contributed by atoms with E-state index in [0.717, 1.165) is 12.8 Å². The molecule has 1 nitrogen and oxygen atoms in total. The van der Waals surface area contributed by atoms with E-state index < -0.39 is 0 Å². The maximum absolute atomic E-state index is 8.59. The van der Waals surface area contributed by atoms with Crippen LogP contribution in [0.5, 0.6) is 0 Å². The minimum Gasteiger partial charge on any atom is -0.396 e. The van der Waals surface area contributed by atoms with Gasteiger partial charge in [-0.25, -0.2) is 0 Å². The van der Waals surface area contributed by atoms with Crippen LogP contribution in [0.2, 0.25) is 0 Å². The lowest BCUT2D eigenvalue weighted by Gasteiger charge is -2.03. The lowest BCUT2D eigenvalue weighted by atomic mass is 10.1. The Balaban J connectivity index is 3.21. The van der Waals surface area contributed by atoms with Crippen LogP contribution in [0.4, 0.5) is 0 Å². The molecule has 1 N–H and O–H groups in total. The summed E-state index contributed by atoms with van der Waals surface area (Å²) in [6, 6.07) is 0. The van der Waals surface area contributed by atoms with Gasteiger partial charge in [0.05, 0.1) is 0 Å². The van der Waals surface area contributed by atoms with Gasteiger partial charge in [-0.2, -0.15) is 0 Å². The first-order valence-corrected chi connectivity index (χ1v) is 3.08. The fraction of sp³-hybridized carbons (Fsp3) is 0.714. The maximum Gasteiger partial charge on any atom is 0.0493 e. The molecule has 48 valence electrons. The Morgan fingerprint density at radius 2 is 2.38 bits per heavy atom. The number of aliphatic hydroxyl groups is 1. The molecule has 8 heavy (non-hydrogen) atoms. The third-order valence-electron chi connectivity index (χ3n) is 1.23. The van der Waals surface area contributed by atoms with Gasteiger partial charge in [-0.05, 0) is 12.3 Å². The minimum atomic E-state index is 0.247. The van der Waals surface area contributed by atoms with Crippen LogP contribution in [0.1, 0.15) is 19.8 Å². The molecule has 0 saturated carbocycles. The molecule has 0 heterocycles. The molecule has 0 unspecified atom stereocenters. The van der Waals surface area contributed by atoms with E-state index in [2.05, 4.69) is 13.5 Å². The van der Waals surface area contributed by atoms with Crippen molar-refractivity contribution >= 4 is 0 Å². The molecular weight excluding hydrogens is 100 g/mol. The topological polar surface area (TPSA) is 20.2 Å². The molecule has 0 aromatic rings. The first kappa shape index (κ1) is 7.70. The van der Waals surface area contributed by atoms with Gasteiger partial charge in [0.2, 0.25) is 0 Å². The fourth-order valence-electron chi connectivity index (χ4n) is 0.654. The van der Waals surface area contributed by atoms with E-state index in [9.17, 15) is 0 Å². The molecular formula is C7H14O. The van der Waals surface area contributed by atoms with Gasteiger partial charge >= 0.3 is 0 Å². The smallest absolute Gasteiger partial charge is 0.0493 e. The van der Waals surface area contributed by atoms with Crippen LogP contribution in [-0.2, 0) is 0 Å². The van der Waals surface area contributed by atoms with Gasteiger partial charge in [0.25, 0.3) is 0 Å². The summed E-state index contributed by atoms with van der Waals surface area (Å²) < 4.78 is 0. The van der Waals surface area contributed by atoms with Gasteiger partial charge in [0.1, 0.15) is 0 Å². The molecule has 0 saturated heterocycles. The van der Waals surface area contributed by atoms with Gasteiger partial charge in [-0.1, -0.05) is 19.4 Å². The summed E-state index contributed by atoms with van der Waals surface area (Å²) in [4.78, 5) is 0. The first-order chi connectivity index (χ1) is 3.85. The molecule has 0 bridgehead atoms. The molecule has 0 aromatic heterocycles. The standard InChI is InChI=1S/C7H14O/c1-3-5-7(4-2)6-8/h4,7-8H,2-3,5-6H2,1H3/t7-/m1/s1. The Bertz CT molecular complexity index is 59.4. The zero-order chi connectivity index (χ0) is 6.41. The van der Waals surface area contributed by atoms with Crippen molar-refractivity contribution in [3.63, 3.8) is 0 Å². The van der Waals surface area contributed by atoms with Crippen molar-refractivity contribution < 1.29 is 5.11 Å². The average molecular weight is 114 g/mol. The van der Waals surface area contributed by atoms with Gasteiger partial charge in [-0.3, -0.25) is 0 Å². The van der Waals surface area contributed by atoms with Crippen molar-refractivity contribution in [1.82, 2.24) is 0 Å². The second-order valence-electron chi connectivity index (χ2n) is 1.97. The molecule has 0 aromatic carbocycles. The van der Waals surface area contributed by atoms with E-state index in [-0.39, 0.29) is 6.61 Å². The molecule has 0 radical (unpaired) electrons. The third-order valence-corrected chi connectivity index (χ3v) is 1.23. The molecule has 0 aliphatic heterocycles. The molecule has 1 heteroatoms. The Morgan fingerprint density at radius 3 is 2.50 bits per heavy atom. The highest BCUT2D eigenvalue weighted by Crippen LogP contribution is 2.04. The summed E-state index contributed by atoms with van der Waals surface area (Å²) in [5, 5.41) is 8.59.